The highest BCUT2D eigenvalue weighted by Crippen LogP contribution is 2.26. The molecule has 6 heteroatoms. The smallest absolute Gasteiger partial charge is 0.261 e. The van der Waals surface area contributed by atoms with E-state index in [-0.39, 0.29) is 12.5 Å². The highest BCUT2D eigenvalue weighted by Gasteiger charge is 2.20. The maximum absolute atomic E-state index is 12.6. The van der Waals surface area contributed by atoms with Gasteiger partial charge in [-0.2, -0.15) is 4.98 Å². The number of aromatic nitrogens is 2. The number of nitrogens with zero attached hydrogens (tertiary/aromatic N) is 2. The maximum Gasteiger partial charge on any atom is 0.261 e. The fourth-order valence-electron chi connectivity index (χ4n) is 3.58. The molecule has 2 aromatic carbocycles. The first-order chi connectivity index (χ1) is 14.2. The second-order valence-corrected chi connectivity index (χ2v) is 7.25. The van der Waals surface area contributed by atoms with Gasteiger partial charge in [0.1, 0.15) is 5.75 Å². The van der Waals surface area contributed by atoms with E-state index >= 15 is 0 Å². The summed E-state index contributed by atoms with van der Waals surface area (Å²) in [5, 5.41) is 6.81. The summed E-state index contributed by atoms with van der Waals surface area (Å²) in [5.74, 6) is 1.43. The van der Waals surface area contributed by atoms with Gasteiger partial charge < -0.3 is 14.6 Å². The van der Waals surface area contributed by atoms with Gasteiger partial charge >= 0.3 is 0 Å². The Labute approximate surface area is 170 Å². The van der Waals surface area contributed by atoms with Crippen LogP contribution in [0.15, 0.2) is 53.1 Å². The molecular formula is C23H25N3O3. The molecule has 0 saturated heterocycles. The molecule has 1 aliphatic carbocycles. The molecule has 0 aliphatic heterocycles. The van der Waals surface area contributed by atoms with Crippen LogP contribution in [0.25, 0.3) is 11.4 Å². The van der Waals surface area contributed by atoms with Crippen LogP contribution in [-0.2, 0) is 24.2 Å². The number of carbonyl (C=O) groups excluding carboxylic acids is 1. The highest BCUT2D eigenvalue weighted by molar-refractivity contribution is 5.81. The number of ether oxygens (including phenoxy) is 1. The normalized spacial score (nSPS) is 14.1. The van der Waals surface area contributed by atoms with Crippen molar-refractivity contribution in [2.75, 3.05) is 0 Å². The van der Waals surface area contributed by atoms with Crippen LogP contribution in [0.5, 0.6) is 5.75 Å². The predicted octanol–water partition coefficient (Wildman–Crippen LogP) is 4.09. The lowest BCUT2D eigenvalue weighted by Gasteiger charge is -2.20. The molecule has 0 bridgehead atoms. The van der Waals surface area contributed by atoms with E-state index in [9.17, 15) is 4.79 Å². The lowest BCUT2D eigenvalue weighted by Crippen LogP contribution is -2.37. The summed E-state index contributed by atoms with van der Waals surface area (Å²) >= 11 is 0. The first kappa shape index (κ1) is 19.2. The lowest BCUT2D eigenvalue weighted by atomic mass is 9.92. The van der Waals surface area contributed by atoms with Gasteiger partial charge in [0.15, 0.2) is 6.10 Å². The zero-order valence-corrected chi connectivity index (χ0v) is 16.6. The zero-order chi connectivity index (χ0) is 20.1. The van der Waals surface area contributed by atoms with Gasteiger partial charge in [0.05, 0.1) is 6.54 Å². The average molecular weight is 391 g/mol. The van der Waals surface area contributed by atoms with E-state index in [1.165, 1.54) is 24.0 Å². The SMILES string of the molecule is CC[C@@H](Oc1ccc2c(c1)CCCC2)C(=O)NCc1nc(-c2ccccc2)no1. The monoisotopic (exact) mass is 391 g/mol. The Morgan fingerprint density at radius 1 is 1.14 bits per heavy atom. The Morgan fingerprint density at radius 3 is 2.72 bits per heavy atom. The second-order valence-electron chi connectivity index (χ2n) is 7.25. The highest BCUT2D eigenvalue weighted by atomic mass is 16.5. The molecule has 1 N–H and O–H groups in total. The molecule has 0 saturated carbocycles. The van der Waals surface area contributed by atoms with E-state index in [0.717, 1.165) is 24.2 Å². The van der Waals surface area contributed by atoms with Crippen LogP contribution in [-0.4, -0.2) is 22.2 Å². The number of carbonyl (C=O) groups is 1. The van der Waals surface area contributed by atoms with Gasteiger partial charge in [-0.1, -0.05) is 48.5 Å². The number of nitrogens with one attached hydrogen (secondary N) is 1. The summed E-state index contributed by atoms with van der Waals surface area (Å²) < 4.78 is 11.2. The van der Waals surface area contributed by atoms with Crippen LogP contribution in [0.2, 0.25) is 0 Å². The van der Waals surface area contributed by atoms with Crippen LogP contribution >= 0.6 is 0 Å². The molecule has 1 aliphatic rings. The summed E-state index contributed by atoms with van der Waals surface area (Å²) in [6.45, 7) is 2.10. The molecule has 0 spiro atoms. The Balaban J connectivity index is 1.35. The minimum Gasteiger partial charge on any atom is -0.481 e. The molecule has 1 amide bonds. The van der Waals surface area contributed by atoms with Gasteiger partial charge in [-0.05, 0) is 55.4 Å². The topological polar surface area (TPSA) is 77.2 Å². The average Bonchev–Trinajstić information content (AvgIpc) is 3.25. The first-order valence-electron chi connectivity index (χ1n) is 10.2. The summed E-state index contributed by atoms with van der Waals surface area (Å²) in [4.78, 5) is 16.9. The third-order valence-corrected chi connectivity index (χ3v) is 5.18. The van der Waals surface area contributed by atoms with E-state index in [4.69, 9.17) is 9.26 Å². The van der Waals surface area contributed by atoms with Crippen molar-refractivity contribution in [1.29, 1.82) is 0 Å². The predicted molar refractivity (Wildman–Crippen MR) is 109 cm³/mol. The van der Waals surface area contributed by atoms with E-state index < -0.39 is 6.10 Å². The van der Waals surface area contributed by atoms with Crippen molar-refractivity contribution in [2.45, 2.75) is 51.7 Å². The first-order valence-corrected chi connectivity index (χ1v) is 10.2. The number of hydrogen-bond acceptors (Lipinski definition) is 5. The number of fused-ring (bicyclic) bond motifs is 1. The third-order valence-electron chi connectivity index (χ3n) is 5.18. The zero-order valence-electron chi connectivity index (χ0n) is 16.6. The minimum absolute atomic E-state index is 0.169. The molecule has 0 unspecified atom stereocenters. The van der Waals surface area contributed by atoms with Crippen LogP contribution < -0.4 is 10.1 Å². The number of aryl methyl sites for hydroxylation is 2. The van der Waals surface area contributed by atoms with Gasteiger partial charge in [-0.25, -0.2) is 0 Å². The lowest BCUT2D eigenvalue weighted by molar-refractivity contribution is -0.128. The van der Waals surface area contributed by atoms with E-state index in [1.807, 2.05) is 43.3 Å². The molecule has 29 heavy (non-hydrogen) atoms. The Kier molecular flexibility index (Phi) is 5.89. The summed E-state index contributed by atoms with van der Waals surface area (Å²) in [6.07, 6.45) is 4.67. The van der Waals surface area contributed by atoms with Crippen molar-refractivity contribution >= 4 is 5.91 Å². The van der Waals surface area contributed by atoms with Crippen LogP contribution in [0.4, 0.5) is 0 Å². The second kappa shape index (κ2) is 8.90. The van der Waals surface area contributed by atoms with Crippen molar-refractivity contribution in [3.05, 3.63) is 65.5 Å². The van der Waals surface area contributed by atoms with Crippen molar-refractivity contribution in [3.63, 3.8) is 0 Å². The van der Waals surface area contributed by atoms with E-state index in [1.54, 1.807) is 0 Å². The third kappa shape index (κ3) is 4.65. The van der Waals surface area contributed by atoms with Crippen molar-refractivity contribution in [1.82, 2.24) is 15.5 Å². The van der Waals surface area contributed by atoms with Crippen LogP contribution in [0.3, 0.4) is 0 Å². The van der Waals surface area contributed by atoms with E-state index in [2.05, 4.69) is 27.6 Å². The van der Waals surface area contributed by atoms with Gasteiger partial charge in [0.2, 0.25) is 11.7 Å². The van der Waals surface area contributed by atoms with E-state index in [0.29, 0.717) is 18.1 Å². The molecule has 0 radical (unpaired) electrons. The molecule has 1 aromatic heterocycles. The molecule has 0 fully saturated rings. The molecule has 3 aromatic rings. The number of hydrogen-bond donors (Lipinski definition) is 1. The molecular weight excluding hydrogens is 366 g/mol. The van der Waals surface area contributed by atoms with Crippen molar-refractivity contribution in [2.24, 2.45) is 0 Å². The molecule has 4 rings (SSSR count). The molecule has 6 nitrogen and oxygen atoms in total. The summed E-state index contributed by atoms with van der Waals surface area (Å²) in [7, 11) is 0. The van der Waals surface area contributed by atoms with Gasteiger partial charge in [0.25, 0.3) is 5.91 Å². The number of rotatable bonds is 7. The Bertz CT molecular complexity index is 969. The van der Waals surface area contributed by atoms with Crippen molar-refractivity contribution < 1.29 is 14.1 Å². The quantitative estimate of drug-likeness (QED) is 0.656. The largest absolute Gasteiger partial charge is 0.481 e. The number of benzene rings is 2. The number of amides is 1. The summed E-state index contributed by atoms with van der Waals surface area (Å²) in [6, 6.07) is 15.7. The molecule has 1 heterocycles. The maximum atomic E-state index is 12.6. The molecule has 150 valence electrons. The van der Waals surface area contributed by atoms with Gasteiger partial charge in [-0.3, -0.25) is 4.79 Å². The summed E-state index contributed by atoms with van der Waals surface area (Å²) in [5.41, 5.74) is 3.60. The standard InChI is InChI=1S/C23H25N3O3/c1-2-20(28-19-13-12-16-8-6-7-11-18(16)14-19)23(27)24-15-21-25-22(26-29-21)17-9-4-3-5-10-17/h3-5,9-10,12-14,20H,2,6-8,11,15H2,1H3,(H,24,27)/t20-/m1/s1. The fourth-order valence-corrected chi connectivity index (χ4v) is 3.58. The van der Waals surface area contributed by atoms with Gasteiger partial charge in [0, 0.05) is 5.56 Å². The van der Waals surface area contributed by atoms with Crippen LogP contribution in [0.1, 0.15) is 43.2 Å². The molecule has 1 atom stereocenters. The minimum atomic E-state index is -0.562. The van der Waals surface area contributed by atoms with Crippen molar-refractivity contribution in [3.8, 4) is 17.1 Å². The Morgan fingerprint density at radius 2 is 1.93 bits per heavy atom. The Hall–Kier alpha value is -3.15. The van der Waals surface area contributed by atoms with Crippen LogP contribution in [0, 0.1) is 0 Å². The van der Waals surface area contributed by atoms with Gasteiger partial charge in [-0.15, -0.1) is 0 Å². The fraction of sp³-hybridized carbons (Fsp3) is 0.348.